The first-order valence-electron chi connectivity index (χ1n) is 6.35. The van der Waals surface area contributed by atoms with E-state index < -0.39 is 0 Å². The van der Waals surface area contributed by atoms with Crippen LogP contribution in [0.4, 0.5) is 0 Å². The molecule has 0 spiro atoms. The zero-order chi connectivity index (χ0) is 11.1. The van der Waals surface area contributed by atoms with Gasteiger partial charge in [-0.1, -0.05) is 30.7 Å². The summed E-state index contributed by atoms with van der Waals surface area (Å²) < 4.78 is 0. The van der Waals surface area contributed by atoms with Gasteiger partial charge in [0.05, 0.1) is 0 Å². The smallest absolute Gasteiger partial charge is 0.0146 e. The fourth-order valence-corrected chi connectivity index (χ4v) is 3.61. The van der Waals surface area contributed by atoms with Gasteiger partial charge in [0.15, 0.2) is 0 Å². The average molecular weight is 204 g/mol. The van der Waals surface area contributed by atoms with E-state index in [1.54, 1.807) is 0 Å². The molecule has 3 aliphatic rings. The Hall–Kier alpha value is -0.520. The highest BCUT2D eigenvalue weighted by molar-refractivity contribution is 5.20. The molecule has 0 heterocycles. The van der Waals surface area contributed by atoms with Crippen LogP contribution in [0.3, 0.4) is 0 Å². The molecule has 3 saturated carbocycles. The molecule has 0 aromatic heterocycles. The molecular weight excluding hydrogens is 180 g/mol. The topological polar surface area (TPSA) is 0 Å². The van der Waals surface area contributed by atoms with Crippen LogP contribution in [0.1, 0.15) is 52.9 Å². The standard InChI is InChI=1S/C15H24/c1-11(2)6-5-9-15(4)13-8-7-12(3)14(15)10-13/h6,13-14H,3,5,7-10H2,1-2,4H3/t13-,14-,15+/m1/s1. The van der Waals surface area contributed by atoms with Crippen LogP contribution in [0.25, 0.3) is 0 Å². The van der Waals surface area contributed by atoms with Gasteiger partial charge in [0, 0.05) is 0 Å². The van der Waals surface area contributed by atoms with Crippen molar-refractivity contribution in [1.82, 2.24) is 0 Å². The molecule has 0 N–H and O–H groups in total. The zero-order valence-electron chi connectivity index (χ0n) is 10.5. The third kappa shape index (κ3) is 1.79. The highest BCUT2D eigenvalue weighted by atomic mass is 14.6. The van der Waals surface area contributed by atoms with Crippen LogP contribution < -0.4 is 0 Å². The number of hydrogen-bond acceptors (Lipinski definition) is 0. The van der Waals surface area contributed by atoms with Crippen molar-refractivity contribution in [1.29, 1.82) is 0 Å². The number of hydrogen-bond donors (Lipinski definition) is 0. The van der Waals surface area contributed by atoms with E-state index in [-0.39, 0.29) is 0 Å². The van der Waals surface area contributed by atoms with Crippen LogP contribution in [-0.4, -0.2) is 0 Å². The molecule has 3 aliphatic carbocycles. The third-order valence-corrected chi connectivity index (χ3v) is 4.79. The Bertz CT molecular complexity index is 291. The van der Waals surface area contributed by atoms with Crippen molar-refractivity contribution in [2.75, 3.05) is 0 Å². The molecule has 2 bridgehead atoms. The van der Waals surface area contributed by atoms with Crippen LogP contribution in [0.2, 0.25) is 0 Å². The lowest BCUT2D eigenvalue weighted by molar-refractivity contribution is -0.0507. The Morgan fingerprint density at radius 2 is 2.27 bits per heavy atom. The van der Waals surface area contributed by atoms with Crippen molar-refractivity contribution >= 4 is 0 Å². The van der Waals surface area contributed by atoms with Crippen molar-refractivity contribution in [2.24, 2.45) is 17.3 Å². The van der Waals surface area contributed by atoms with E-state index in [4.69, 9.17) is 0 Å². The van der Waals surface area contributed by atoms with E-state index in [9.17, 15) is 0 Å². The van der Waals surface area contributed by atoms with Crippen molar-refractivity contribution in [3.63, 3.8) is 0 Å². The monoisotopic (exact) mass is 204 g/mol. The van der Waals surface area contributed by atoms with Gasteiger partial charge in [-0.3, -0.25) is 0 Å². The first kappa shape index (κ1) is 11.0. The molecule has 0 saturated heterocycles. The average Bonchev–Trinajstić information content (AvgIpc) is 2.16. The molecule has 3 fully saturated rings. The SMILES string of the molecule is C=C1CC[C@@H]2C[C@H]1[C@@]2(C)CCC=C(C)C. The van der Waals surface area contributed by atoms with Gasteiger partial charge in [0.1, 0.15) is 0 Å². The van der Waals surface area contributed by atoms with Gasteiger partial charge in [0.2, 0.25) is 0 Å². The maximum atomic E-state index is 4.26. The predicted octanol–water partition coefficient (Wildman–Crippen LogP) is 4.73. The first-order valence-corrected chi connectivity index (χ1v) is 6.35. The Morgan fingerprint density at radius 3 is 2.80 bits per heavy atom. The zero-order valence-corrected chi connectivity index (χ0v) is 10.5. The second-order valence-corrected chi connectivity index (χ2v) is 6.01. The maximum absolute atomic E-state index is 4.26. The summed E-state index contributed by atoms with van der Waals surface area (Å²) in [4.78, 5) is 0. The molecule has 0 radical (unpaired) electrons. The second-order valence-electron chi connectivity index (χ2n) is 6.01. The van der Waals surface area contributed by atoms with Crippen molar-refractivity contribution < 1.29 is 0 Å². The quantitative estimate of drug-likeness (QED) is 0.583. The van der Waals surface area contributed by atoms with Gasteiger partial charge in [-0.15, -0.1) is 0 Å². The minimum atomic E-state index is 0.598. The van der Waals surface area contributed by atoms with E-state index in [1.165, 1.54) is 43.3 Å². The Labute approximate surface area is 94.5 Å². The van der Waals surface area contributed by atoms with E-state index in [0.29, 0.717) is 5.41 Å². The first-order chi connectivity index (χ1) is 7.04. The maximum Gasteiger partial charge on any atom is -0.0146 e. The lowest BCUT2D eigenvalue weighted by Crippen LogP contribution is -2.50. The van der Waals surface area contributed by atoms with Crippen molar-refractivity contribution in [3.05, 3.63) is 23.8 Å². The van der Waals surface area contributed by atoms with Gasteiger partial charge in [-0.2, -0.15) is 0 Å². The highest BCUT2D eigenvalue weighted by Crippen LogP contribution is 2.63. The van der Waals surface area contributed by atoms with E-state index >= 15 is 0 Å². The Balaban J connectivity index is 1.96. The molecule has 0 unspecified atom stereocenters. The highest BCUT2D eigenvalue weighted by Gasteiger charge is 2.53. The minimum Gasteiger partial charge on any atom is -0.0996 e. The Morgan fingerprint density at radius 1 is 1.53 bits per heavy atom. The van der Waals surface area contributed by atoms with Crippen LogP contribution in [-0.2, 0) is 0 Å². The lowest BCUT2D eigenvalue weighted by atomic mass is 9.45. The fourth-order valence-electron chi connectivity index (χ4n) is 3.61. The molecule has 0 aromatic carbocycles. The van der Waals surface area contributed by atoms with Gasteiger partial charge < -0.3 is 0 Å². The Kier molecular flexibility index (Phi) is 2.79. The lowest BCUT2D eigenvalue weighted by Gasteiger charge is -2.59. The van der Waals surface area contributed by atoms with Crippen LogP contribution in [0.5, 0.6) is 0 Å². The molecule has 3 rings (SSSR count). The minimum absolute atomic E-state index is 0.598. The number of allylic oxidation sites excluding steroid dienone is 3. The normalized spacial score (nSPS) is 38.5. The van der Waals surface area contributed by atoms with Crippen LogP contribution >= 0.6 is 0 Å². The molecule has 15 heavy (non-hydrogen) atoms. The molecule has 0 nitrogen and oxygen atoms in total. The summed E-state index contributed by atoms with van der Waals surface area (Å²) in [5.41, 5.74) is 3.60. The molecule has 84 valence electrons. The largest absolute Gasteiger partial charge is 0.0996 e. The second kappa shape index (κ2) is 3.81. The third-order valence-electron chi connectivity index (χ3n) is 4.79. The van der Waals surface area contributed by atoms with Gasteiger partial charge in [-0.05, 0) is 63.2 Å². The van der Waals surface area contributed by atoms with Crippen LogP contribution in [0.15, 0.2) is 23.8 Å². The van der Waals surface area contributed by atoms with E-state index in [0.717, 1.165) is 11.8 Å². The molecule has 3 atom stereocenters. The molecular formula is C15H24. The summed E-state index contributed by atoms with van der Waals surface area (Å²) in [7, 11) is 0. The summed E-state index contributed by atoms with van der Waals surface area (Å²) in [5.74, 6) is 1.85. The molecule has 0 amide bonds. The summed E-state index contributed by atoms with van der Waals surface area (Å²) in [6.07, 6.45) is 9.16. The number of rotatable bonds is 3. The summed E-state index contributed by atoms with van der Waals surface area (Å²) in [6, 6.07) is 0. The summed E-state index contributed by atoms with van der Waals surface area (Å²) in [6.45, 7) is 11.1. The molecule has 0 heteroatoms. The van der Waals surface area contributed by atoms with Gasteiger partial charge in [-0.25, -0.2) is 0 Å². The van der Waals surface area contributed by atoms with Crippen LogP contribution in [0, 0.1) is 17.3 Å². The van der Waals surface area contributed by atoms with Crippen molar-refractivity contribution in [3.8, 4) is 0 Å². The van der Waals surface area contributed by atoms with E-state index in [2.05, 4.69) is 33.4 Å². The summed E-state index contributed by atoms with van der Waals surface area (Å²) >= 11 is 0. The van der Waals surface area contributed by atoms with Gasteiger partial charge >= 0.3 is 0 Å². The number of fused-ring (bicyclic) bond motifs is 2. The van der Waals surface area contributed by atoms with Crippen molar-refractivity contribution in [2.45, 2.75) is 52.9 Å². The van der Waals surface area contributed by atoms with Gasteiger partial charge in [0.25, 0.3) is 0 Å². The van der Waals surface area contributed by atoms with E-state index in [1.807, 2.05) is 0 Å². The summed E-state index contributed by atoms with van der Waals surface area (Å²) in [5, 5.41) is 0. The molecule has 0 aromatic rings. The predicted molar refractivity (Wildman–Crippen MR) is 66.7 cm³/mol. The molecule has 0 aliphatic heterocycles. The fraction of sp³-hybridized carbons (Fsp3) is 0.733.